The highest BCUT2D eigenvalue weighted by Gasteiger charge is 2.26. The largest absolute Gasteiger partial charge is 0.481 e. The molecule has 8 heteroatoms. The third kappa shape index (κ3) is 2.48. The summed E-state index contributed by atoms with van der Waals surface area (Å²) in [4.78, 5) is 11.8. The van der Waals surface area contributed by atoms with Crippen molar-refractivity contribution in [3.05, 3.63) is 16.0 Å². The van der Waals surface area contributed by atoms with Crippen molar-refractivity contribution in [2.45, 2.75) is 26.8 Å². The molecule has 0 saturated carbocycles. The van der Waals surface area contributed by atoms with Crippen molar-refractivity contribution in [2.24, 2.45) is 5.92 Å². The molecule has 0 bridgehead atoms. The number of tetrazole rings is 1. The number of aromatic nitrogens is 4. The van der Waals surface area contributed by atoms with Crippen molar-refractivity contribution in [3.63, 3.8) is 0 Å². The lowest BCUT2D eigenvalue weighted by Crippen LogP contribution is -2.23. The number of carbonyl (C=O) groups is 1. The predicted molar refractivity (Wildman–Crippen MR) is 72.4 cm³/mol. The minimum atomic E-state index is -0.887. The third-order valence-electron chi connectivity index (χ3n) is 3.09. The summed E-state index contributed by atoms with van der Waals surface area (Å²) in [5.74, 6) is -0.979. The quantitative estimate of drug-likeness (QED) is 0.938. The van der Waals surface area contributed by atoms with Crippen LogP contribution in [0.4, 0.5) is 0 Å². The smallest absolute Gasteiger partial charge is 0.308 e. The van der Waals surface area contributed by atoms with Crippen LogP contribution >= 0.6 is 22.9 Å². The number of carboxylic acid groups (broad SMARTS) is 1. The van der Waals surface area contributed by atoms with Crippen molar-refractivity contribution in [1.82, 2.24) is 20.2 Å². The van der Waals surface area contributed by atoms with Crippen molar-refractivity contribution < 1.29 is 9.90 Å². The SMILES string of the molecule is Cc1csc(-c2nnnn2C(C)C(C)C(=O)O)c1Cl. The van der Waals surface area contributed by atoms with Gasteiger partial charge in [0, 0.05) is 0 Å². The second-order valence-corrected chi connectivity index (χ2v) is 5.63. The number of hydrogen-bond acceptors (Lipinski definition) is 5. The molecule has 2 aromatic heterocycles. The highest BCUT2D eigenvalue weighted by molar-refractivity contribution is 7.14. The second kappa shape index (κ2) is 5.26. The van der Waals surface area contributed by atoms with E-state index in [9.17, 15) is 4.79 Å². The van der Waals surface area contributed by atoms with Crippen LogP contribution in [0.25, 0.3) is 10.7 Å². The fourth-order valence-corrected chi connectivity index (χ4v) is 2.87. The number of nitrogens with zero attached hydrogens (tertiary/aromatic N) is 4. The molecule has 0 radical (unpaired) electrons. The maximum Gasteiger partial charge on any atom is 0.308 e. The van der Waals surface area contributed by atoms with Gasteiger partial charge in [0.15, 0.2) is 5.82 Å². The van der Waals surface area contributed by atoms with Crippen LogP contribution in [-0.2, 0) is 4.79 Å². The van der Waals surface area contributed by atoms with E-state index in [4.69, 9.17) is 16.7 Å². The van der Waals surface area contributed by atoms with E-state index in [0.717, 1.165) is 10.4 Å². The van der Waals surface area contributed by atoms with Gasteiger partial charge in [0.05, 0.1) is 21.9 Å². The Balaban J connectivity index is 2.43. The first-order valence-electron chi connectivity index (χ1n) is 5.68. The molecule has 19 heavy (non-hydrogen) atoms. The van der Waals surface area contributed by atoms with E-state index in [0.29, 0.717) is 10.8 Å². The maximum atomic E-state index is 11.0. The van der Waals surface area contributed by atoms with E-state index >= 15 is 0 Å². The standard InChI is InChI=1S/C11H13ClN4O2S/c1-5-4-19-9(8(5)12)10-13-14-15-16(10)7(3)6(2)11(17)18/h4,6-7H,1-3H3,(H,17,18). The number of aliphatic carboxylic acids is 1. The van der Waals surface area contributed by atoms with Crippen LogP contribution in [0.2, 0.25) is 5.02 Å². The van der Waals surface area contributed by atoms with Crippen molar-refractivity contribution in [2.75, 3.05) is 0 Å². The first-order valence-corrected chi connectivity index (χ1v) is 6.93. The summed E-state index contributed by atoms with van der Waals surface area (Å²) >= 11 is 7.65. The Labute approximate surface area is 119 Å². The number of carboxylic acids is 1. The number of rotatable bonds is 4. The van der Waals surface area contributed by atoms with Gasteiger partial charge in [-0.05, 0) is 42.1 Å². The van der Waals surface area contributed by atoms with Crippen LogP contribution < -0.4 is 0 Å². The van der Waals surface area contributed by atoms with Crippen LogP contribution in [0.15, 0.2) is 5.38 Å². The fraction of sp³-hybridized carbons (Fsp3) is 0.455. The molecule has 6 nitrogen and oxygen atoms in total. The van der Waals surface area contributed by atoms with Crippen molar-refractivity contribution in [1.29, 1.82) is 0 Å². The van der Waals surface area contributed by atoms with Crippen LogP contribution in [0.1, 0.15) is 25.5 Å². The van der Waals surface area contributed by atoms with Gasteiger partial charge in [0.25, 0.3) is 0 Å². The molecule has 102 valence electrons. The molecule has 0 fully saturated rings. The van der Waals surface area contributed by atoms with Gasteiger partial charge in [-0.3, -0.25) is 4.79 Å². The van der Waals surface area contributed by atoms with Crippen LogP contribution in [0.3, 0.4) is 0 Å². The summed E-state index contributed by atoms with van der Waals surface area (Å²) in [5.41, 5.74) is 0.954. The van der Waals surface area contributed by atoms with E-state index in [2.05, 4.69) is 15.5 Å². The molecule has 2 atom stereocenters. The Hall–Kier alpha value is -1.47. The van der Waals surface area contributed by atoms with E-state index in [1.165, 1.54) is 16.0 Å². The Morgan fingerprint density at radius 2 is 2.21 bits per heavy atom. The Morgan fingerprint density at radius 3 is 2.74 bits per heavy atom. The van der Waals surface area contributed by atoms with Crippen molar-refractivity contribution in [3.8, 4) is 10.7 Å². The molecule has 0 spiro atoms. The molecule has 0 aliphatic heterocycles. The number of halogens is 1. The van der Waals surface area contributed by atoms with Gasteiger partial charge in [0.2, 0.25) is 0 Å². The van der Waals surface area contributed by atoms with E-state index in [-0.39, 0.29) is 6.04 Å². The molecule has 0 aromatic carbocycles. The molecule has 2 aromatic rings. The van der Waals surface area contributed by atoms with Gasteiger partial charge >= 0.3 is 5.97 Å². The van der Waals surface area contributed by atoms with Gasteiger partial charge in [0.1, 0.15) is 0 Å². The van der Waals surface area contributed by atoms with E-state index < -0.39 is 11.9 Å². The zero-order valence-corrected chi connectivity index (χ0v) is 12.2. The number of hydrogen-bond donors (Lipinski definition) is 1. The van der Waals surface area contributed by atoms with E-state index in [1.54, 1.807) is 13.8 Å². The normalized spacial score (nSPS) is 14.3. The summed E-state index contributed by atoms with van der Waals surface area (Å²) in [6, 6.07) is -0.360. The van der Waals surface area contributed by atoms with Crippen LogP contribution in [-0.4, -0.2) is 31.3 Å². The zero-order valence-electron chi connectivity index (χ0n) is 10.7. The molecular formula is C11H13ClN4O2S. The van der Waals surface area contributed by atoms with Gasteiger partial charge in [-0.15, -0.1) is 16.4 Å². The minimum absolute atomic E-state index is 0.360. The van der Waals surface area contributed by atoms with Crippen LogP contribution in [0, 0.1) is 12.8 Å². The topological polar surface area (TPSA) is 80.9 Å². The first-order chi connectivity index (χ1) is 8.93. The monoisotopic (exact) mass is 300 g/mol. The third-order valence-corrected chi connectivity index (χ3v) is 4.79. The lowest BCUT2D eigenvalue weighted by Gasteiger charge is -2.16. The summed E-state index contributed by atoms with van der Waals surface area (Å²) in [7, 11) is 0. The van der Waals surface area contributed by atoms with Gasteiger partial charge in [-0.2, -0.15) is 0 Å². The molecular weight excluding hydrogens is 288 g/mol. The lowest BCUT2D eigenvalue weighted by molar-refractivity contribution is -0.142. The van der Waals surface area contributed by atoms with Crippen LogP contribution in [0.5, 0.6) is 0 Å². The summed E-state index contributed by atoms with van der Waals surface area (Å²) in [6.45, 7) is 5.30. The molecule has 0 saturated heterocycles. The zero-order chi connectivity index (χ0) is 14.2. The van der Waals surface area contributed by atoms with Crippen molar-refractivity contribution >= 4 is 28.9 Å². The van der Waals surface area contributed by atoms with Gasteiger partial charge in [-0.1, -0.05) is 11.6 Å². The number of aryl methyl sites for hydroxylation is 1. The summed E-state index contributed by atoms with van der Waals surface area (Å²) in [5, 5.41) is 23.1. The molecule has 1 N–H and O–H groups in total. The predicted octanol–water partition coefficient (Wildman–Crippen LogP) is 2.65. The van der Waals surface area contributed by atoms with Gasteiger partial charge < -0.3 is 5.11 Å². The van der Waals surface area contributed by atoms with Gasteiger partial charge in [-0.25, -0.2) is 4.68 Å². The maximum absolute atomic E-state index is 11.0. The fourth-order valence-electron chi connectivity index (χ4n) is 1.62. The minimum Gasteiger partial charge on any atom is -0.481 e. The summed E-state index contributed by atoms with van der Waals surface area (Å²) < 4.78 is 1.51. The molecule has 0 amide bonds. The molecule has 0 aliphatic rings. The average Bonchev–Trinajstić information content (AvgIpc) is 2.96. The lowest BCUT2D eigenvalue weighted by atomic mass is 10.0. The average molecular weight is 301 g/mol. The molecule has 2 heterocycles. The second-order valence-electron chi connectivity index (χ2n) is 4.38. The molecule has 2 rings (SSSR count). The number of thiophene rings is 1. The Bertz CT molecular complexity index is 610. The first kappa shape index (κ1) is 14.0. The highest BCUT2D eigenvalue weighted by atomic mass is 35.5. The molecule has 0 aliphatic carbocycles. The molecule has 2 unspecified atom stereocenters. The highest BCUT2D eigenvalue weighted by Crippen LogP contribution is 2.36. The Morgan fingerprint density at radius 1 is 1.53 bits per heavy atom. The van der Waals surface area contributed by atoms with E-state index in [1.807, 2.05) is 12.3 Å². The summed E-state index contributed by atoms with van der Waals surface area (Å²) in [6.07, 6.45) is 0. The Kier molecular flexibility index (Phi) is 3.86.